The first-order valence-electron chi connectivity index (χ1n) is 5.01. The SMILES string of the molecule is CNc1ncc(F)c(NCCOCC(F)(F)F)n1. The summed E-state index contributed by atoms with van der Waals surface area (Å²) in [5.41, 5.74) is 0. The Morgan fingerprint density at radius 2 is 2.11 bits per heavy atom. The highest BCUT2D eigenvalue weighted by molar-refractivity contribution is 5.40. The fraction of sp³-hybridized carbons (Fsp3) is 0.556. The van der Waals surface area contributed by atoms with Crippen molar-refractivity contribution in [2.45, 2.75) is 6.18 Å². The van der Waals surface area contributed by atoms with Crippen LogP contribution in [0.4, 0.5) is 29.3 Å². The zero-order chi connectivity index (χ0) is 13.6. The first-order chi connectivity index (χ1) is 8.42. The number of alkyl halides is 3. The first-order valence-corrected chi connectivity index (χ1v) is 5.01. The lowest BCUT2D eigenvalue weighted by atomic mass is 10.5. The van der Waals surface area contributed by atoms with Gasteiger partial charge in [0.1, 0.15) is 6.61 Å². The van der Waals surface area contributed by atoms with Gasteiger partial charge in [0.15, 0.2) is 11.6 Å². The van der Waals surface area contributed by atoms with Crippen molar-refractivity contribution < 1.29 is 22.3 Å². The maximum Gasteiger partial charge on any atom is 0.411 e. The van der Waals surface area contributed by atoms with Crippen molar-refractivity contribution in [3.8, 4) is 0 Å². The van der Waals surface area contributed by atoms with Crippen LogP contribution in [-0.2, 0) is 4.74 Å². The molecular weight excluding hydrogens is 256 g/mol. The van der Waals surface area contributed by atoms with Gasteiger partial charge in [-0.1, -0.05) is 0 Å². The number of ether oxygens (including phenoxy) is 1. The molecule has 0 fully saturated rings. The highest BCUT2D eigenvalue weighted by Crippen LogP contribution is 2.14. The van der Waals surface area contributed by atoms with Crippen LogP contribution in [0.3, 0.4) is 0 Å². The molecule has 0 aliphatic carbocycles. The van der Waals surface area contributed by atoms with E-state index in [1.165, 1.54) is 0 Å². The normalized spacial score (nSPS) is 11.4. The van der Waals surface area contributed by atoms with Crippen LogP contribution in [-0.4, -0.2) is 43.0 Å². The van der Waals surface area contributed by atoms with Crippen molar-refractivity contribution >= 4 is 11.8 Å². The number of hydrogen-bond donors (Lipinski definition) is 2. The van der Waals surface area contributed by atoms with Crippen LogP contribution in [0, 0.1) is 5.82 Å². The number of aromatic nitrogens is 2. The van der Waals surface area contributed by atoms with E-state index >= 15 is 0 Å². The first kappa shape index (κ1) is 14.4. The van der Waals surface area contributed by atoms with Gasteiger partial charge < -0.3 is 15.4 Å². The summed E-state index contributed by atoms with van der Waals surface area (Å²) in [6.45, 7) is -1.53. The van der Waals surface area contributed by atoms with Gasteiger partial charge in [0.25, 0.3) is 0 Å². The summed E-state index contributed by atoms with van der Waals surface area (Å²) in [4.78, 5) is 7.37. The molecule has 0 radical (unpaired) electrons. The molecule has 0 atom stereocenters. The largest absolute Gasteiger partial charge is 0.411 e. The Kier molecular flexibility index (Phi) is 5.08. The van der Waals surface area contributed by atoms with Gasteiger partial charge in [0.2, 0.25) is 5.95 Å². The second-order valence-corrected chi connectivity index (χ2v) is 3.23. The van der Waals surface area contributed by atoms with E-state index in [0.29, 0.717) is 0 Å². The van der Waals surface area contributed by atoms with E-state index in [4.69, 9.17) is 0 Å². The molecule has 9 heteroatoms. The fourth-order valence-electron chi connectivity index (χ4n) is 1.04. The molecule has 0 saturated heterocycles. The van der Waals surface area contributed by atoms with Crippen LogP contribution in [0.25, 0.3) is 0 Å². The Morgan fingerprint density at radius 3 is 2.72 bits per heavy atom. The summed E-state index contributed by atoms with van der Waals surface area (Å²) in [6.07, 6.45) is -3.41. The second kappa shape index (κ2) is 6.34. The lowest BCUT2D eigenvalue weighted by molar-refractivity contribution is -0.172. The van der Waals surface area contributed by atoms with Gasteiger partial charge in [0, 0.05) is 13.6 Å². The second-order valence-electron chi connectivity index (χ2n) is 3.23. The van der Waals surface area contributed by atoms with E-state index in [9.17, 15) is 17.6 Å². The van der Waals surface area contributed by atoms with Crippen LogP contribution in [0.5, 0.6) is 0 Å². The molecule has 1 rings (SSSR count). The molecule has 0 unspecified atom stereocenters. The van der Waals surface area contributed by atoms with Crippen molar-refractivity contribution in [1.29, 1.82) is 0 Å². The standard InChI is InChI=1S/C9H12F4N4O/c1-14-8-16-4-6(10)7(17-8)15-2-3-18-5-9(11,12)13/h4H,2-3,5H2,1H3,(H2,14,15,16,17). The summed E-state index contributed by atoms with van der Waals surface area (Å²) in [6, 6.07) is 0. The molecular formula is C9H12F4N4O. The topological polar surface area (TPSA) is 59.1 Å². The van der Waals surface area contributed by atoms with Gasteiger partial charge in [-0.3, -0.25) is 0 Å². The van der Waals surface area contributed by atoms with Crippen LogP contribution in [0.1, 0.15) is 0 Å². The van der Waals surface area contributed by atoms with Gasteiger partial charge in [-0.05, 0) is 0 Å². The van der Waals surface area contributed by atoms with Gasteiger partial charge in [-0.2, -0.15) is 18.2 Å². The summed E-state index contributed by atoms with van der Waals surface area (Å²) in [5.74, 6) is -0.579. The van der Waals surface area contributed by atoms with Crippen molar-refractivity contribution in [2.75, 3.05) is 37.4 Å². The molecule has 5 nitrogen and oxygen atoms in total. The molecule has 0 aliphatic heterocycles. The number of anilines is 2. The van der Waals surface area contributed by atoms with Crippen molar-refractivity contribution in [3.63, 3.8) is 0 Å². The number of halogens is 4. The van der Waals surface area contributed by atoms with E-state index in [0.717, 1.165) is 6.20 Å². The van der Waals surface area contributed by atoms with Crippen LogP contribution in [0.2, 0.25) is 0 Å². The third-order valence-electron chi connectivity index (χ3n) is 1.77. The predicted molar refractivity (Wildman–Crippen MR) is 56.9 cm³/mol. The molecule has 1 aromatic rings. The molecule has 0 aliphatic rings. The number of nitrogens with one attached hydrogen (secondary N) is 2. The Balaban J connectivity index is 2.35. The number of rotatable bonds is 6. The molecule has 0 amide bonds. The van der Waals surface area contributed by atoms with Crippen molar-refractivity contribution in [2.24, 2.45) is 0 Å². The predicted octanol–water partition coefficient (Wildman–Crippen LogP) is 1.65. The summed E-state index contributed by atoms with van der Waals surface area (Å²) < 4.78 is 52.7. The van der Waals surface area contributed by atoms with Crippen LogP contribution in [0.15, 0.2) is 6.20 Å². The van der Waals surface area contributed by atoms with Crippen molar-refractivity contribution in [3.05, 3.63) is 12.0 Å². The molecule has 1 heterocycles. The fourth-order valence-corrected chi connectivity index (χ4v) is 1.04. The monoisotopic (exact) mass is 268 g/mol. The van der Waals surface area contributed by atoms with Crippen molar-refractivity contribution in [1.82, 2.24) is 9.97 Å². The van der Waals surface area contributed by atoms with Gasteiger partial charge in [0.05, 0.1) is 12.8 Å². The average Bonchev–Trinajstić information content (AvgIpc) is 2.29. The maximum atomic E-state index is 13.2. The molecule has 102 valence electrons. The Bertz CT molecular complexity index is 385. The highest BCUT2D eigenvalue weighted by atomic mass is 19.4. The quantitative estimate of drug-likeness (QED) is 0.607. The van der Waals surface area contributed by atoms with E-state index in [2.05, 4.69) is 25.3 Å². The smallest absolute Gasteiger partial charge is 0.370 e. The number of nitrogens with zero attached hydrogens (tertiary/aromatic N) is 2. The summed E-state index contributed by atoms with van der Waals surface area (Å²) >= 11 is 0. The van der Waals surface area contributed by atoms with Crippen LogP contribution >= 0.6 is 0 Å². The van der Waals surface area contributed by atoms with E-state index < -0.39 is 18.6 Å². The molecule has 0 saturated carbocycles. The molecule has 1 aromatic heterocycles. The zero-order valence-electron chi connectivity index (χ0n) is 9.51. The summed E-state index contributed by atoms with van der Waals surface area (Å²) in [7, 11) is 1.56. The average molecular weight is 268 g/mol. The summed E-state index contributed by atoms with van der Waals surface area (Å²) in [5, 5.41) is 5.12. The molecule has 0 aromatic carbocycles. The minimum atomic E-state index is -4.36. The maximum absolute atomic E-state index is 13.2. The lowest BCUT2D eigenvalue weighted by Crippen LogP contribution is -2.20. The minimum Gasteiger partial charge on any atom is -0.370 e. The Hall–Kier alpha value is -1.64. The lowest BCUT2D eigenvalue weighted by Gasteiger charge is -2.09. The molecule has 0 spiro atoms. The van der Waals surface area contributed by atoms with Crippen LogP contribution < -0.4 is 10.6 Å². The zero-order valence-corrected chi connectivity index (χ0v) is 9.51. The van der Waals surface area contributed by atoms with Gasteiger partial charge in [-0.15, -0.1) is 0 Å². The third-order valence-corrected chi connectivity index (χ3v) is 1.77. The molecule has 18 heavy (non-hydrogen) atoms. The highest BCUT2D eigenvalue weighted by Gasteiger charge is 2.27. The van der Waals surface area contributed by atoms with E-state index in [1.54, 1.807) is 7.05 Å². The van der Waals surface area contributed by atoms with Gasteiger partial charge >= 0.3 is 6.18 Å². The Morgan fingerprint density at radius 1 is 1.39 bits per heavy atom. The molecule has 0 bridgehead atoms. The van der Waals surface area contributed by atoms with Gasteiger partial charge in [-0.25, -0.2) is 9.37 Å². The Labute approximate surface area is 101 Å². The van der Waals surface area contributed by atoms with E-state index in [-0.39, 0.29) is 24.9 Å². The number of hydrogen-bond acceptors (Lipinski definition) is 5. The molecule has 2 N–H and O–H groups in total. The minimum absolute atomic E-state index is 0.00711. The third kappa shape index (κ3) is 5.13. The van der Waals surface area contributed by atoms with E-state index in [1.807, 2.05) is 0 Å².